The van der Waals surface area contributed by atoms with Crippen molar-refractivity contribution in [2.24, 2.45) is 5.92 Å². The lowest BCUT2D eigenvalue weighted by Crippen LogP contribution is -2.49. The SMILES string of the molecule is CCCC1CC(CNC(C)C)(c2ccc(Cl)cc2)C1. The Labute approximate surface area is 122 Å². The van der Waals surface area contributed by atoms with Crippen molar-refractivity contribution in [1.82, 2.24) is 5.32 Å². The highest BCUT2D eigenvalue weighted by atomic mass is 35.5. The van der Waals surface area contributed by atoms with Crippen molar-refractivity contribution < 1.29 is 0 Å². The third-order valence-electron chi connectivity index (χ3n) is 4.36. The summed E-state index contributed by atoms with van der Waals surface area (Å²) in [6.07, 6.45) is 5.32. The van der Waals surface area contributed by atoms with Crippen LogP contribution in [0.5, 0.6) is 0 Å². The molecule has 0 atom stereocenters. The second-order valence-corrected chi connectivity index (χ2v) is 6.82. The number of benzene rings is 1. The van der Waals surface area contributed by atoms with E-state index in [9.17, 15) is 0 Å². The van der Waals surface area contributed by atoms with E-state index in [0.717, 1.165) is 17.5 Å². The van der Waals surface area contributed by atoms with Crippen LogP contribution in [0.1, 0.15) is 52.0 Å². The molecule has 2 rings (SSSR count). The fourth-order valence-electron chi connectivity index (χ4n) is 3.34. The van der Waals surface area contributed by atoms with Crippen LogP contribution in [0.15, 0.2) is 24.3 Å². The summed E-state index contributed by atoms with van der Waals surface area (Å²) < 4.78 is 0. The molecule has 0 aliphatic heterocycles. The Balaban J connectivity index is 2.09. The standard InChI is InChI=1S/C17H26ClN/c1-4-5-14-10-17(11-14,12-19-13(2)3)15-6-8-16(18)9-7-15/h6-9,13-14,19H,4-5,10-12H2,1-3H3. The molecule has 0 heterocycles. The smallest absolute Gasteiger partial charge is 0.0406 e. The van der Waals surface area contributed by atoms with Crippen molar-refractivity contribution in [3.05, 3.63) is 34.9 Å². The summed E-state index contributed by atoms with van der Waals surface area (Å²) in [5.41, 5.74) is 1.80. The second kappa shape index (κ2) is 6.28. The molecule has 0 saturated heterocycles. The molecule has 1 saturated carbocycles. The Morgan fingerprint density at radius 2 is 1.89 bits per heavy atom. The second-order valence-electron chi connectivity index (χ2n) is 6.39. The van der Waals surface area contributed by atoms with E-state index >= 15 is 0 Å². The summed E-state index contributed by atoms with van der Waals surface area (Å²) in [5, 5.41) is 4.46. The number of halogens is 1. The molecule has 0 unspecified atom stereocenters. The van der Waals surface area contributed by atoms with Gasteiger partial charge in [0.2, 0.25) is 0 Å². The average Bonchev–Trinajstić information content (AvgIpc) is 2.33. The van der Waals surface area contributed by atoms with E-state index in [-0.39, 0.29) is 0 Å². The Bertz CT molecular complexity index is 390. The number of hydrogen-bond donors (Lipinski definition) is 1. The summed E-state index contributed by atoms with van der Waals surface area (Å²) in [4.78, 5) is 0. The molecular formula is C17H26ClN. The Hall–Kier alpha value is -0.530. The van der Waals surface area contributed by atoms with Crippen LogP contribution in [-0.2, 0) is 5.41 Å². The molecule has 0 bridgehead atoms. The summed E-state index contributed by atoms with van der Waals surface area (Å²) in [5.74, 6) is 0.912. The third-order valence-corrected chi connectivity index (χ3v) is 4.61. The van der Waals surface area contributed by atoms with Gasteiger partial charge >= 0.3 is 0 Å². The normalized spacial score (nSPS) is 26.5. The van der Waals surface area contributed by atoms with Gasteiger partial charge in [-0.1, -0.05) is 57.3 Å². The van der Waals surface area contributed by atoms with Gasteiger partial charge in [-0.05, 0) is 36.5 Å². The molecule has 0 amide bonds. The zero-order chi connectivity index (χ0) is 13.9. The molecule has 1 aromatic rings. The van der Waals surface area contributed by atoms with Gasteiger partial charge in [-0.3, -0.25) is 0 Å². The van der Waals surface area contributed by atoms with Crippen molar-refractivity contribution in [3.8, 4) is 0 Å². The van der Waals surface area contributed by atoms with Gasteiger partial charge in [0.25, 0.3) is 0 Å². The van der Waals surface area contributed by atoms with Crippen molar-refractivity contribution in [1.29, 1.82) is 0 Å². The summed E-state index contributed by atoms with van der Waals surface area (Å²) in [6.45, 7) is 7.82. The summed E-state index contributed by atoms with van der Waals surface area (Å²) in [7, 11) is 0. The van der Waals surface area contributed by atoms with E-state index in [1.165, 1.54) is 31.2 Å². The van der Waals surface area contributed by atoms with E-state index in [0.29, 0.717) is 11.5 Å². The number of hydrogen-bond acceptors (Lipinski definition) is 1. The van der Waals surface area contributed by atoms with Gasteiger partial charge in [-0.2, -0.15) is 0 Å². The van der Waals surface area contributed by atoms with Crippen molar-refractivity contribution in [3.63, 3.8) is 0 Å². The summed E-state index contributed by atoms with van der Waals surface area (Å²) in [6, 6.07) is 9.04. The lowest BCUT2D eigenvalue weighted by molar-refractivity contribution is 0.126. The molecule has 106 valence electrons. The predicted molar refractivity (Wildman–Crippen MR) is 83.9 cm³/mol. The van der Waals surface area contributed by atoms with Crippen molar-refractivity contribution in [2.75, 3.05) is 6.54 Å². The minimum atomic E-state index is 0.342. The van der Waals surface area contributed by atoms with Gasteiger partial charge in [0.1, 0.15) is 0 Å². The predicted octanol–water partition coefficient (Wildman–Crippen LogP) is 4.79. The highest BCUT2D eigenvalue weighted by Crippen LogP contribution is 2.49. The first-order valence-electron chi connectivity index (χ1n) is 7.55. The molecule has 0 aromatic heterocycles. The average molecular weight is 280 g/mol. The molecule has 1 aliphatic rings. The lowest BCUT2D eigenvalue weighted by atomic mass is 9.57. The highest BCUT2D eigenvalue weighted by Gasteiger charge is 2.44. The maximum Gasteiger partial charge on any atom is 0.0406 e. The fourth-order valence-corrected chi connectivity index (χ4v) is 3.47. The van der Waals surface area contributed by atoms with Crippen LogP contribution in [0, 0.1) is 5.92 Å². The Morgan fingerprint density at radius 1 is 1.26 bits per heavy atom. The molecule has 2 heteroatoms. The quantitative estimate of drug-likeness (QED) is 0.790. The van der Waals surface area contributed by atoms with E-state index in [1.807, 2.05) is 12.1 Å². The molecule has 0 radical (unpaired) electrons. The molecule has 19 heavy (non-hydrogen) atoms. The molecule has 1 nitrogen and oxygen atoms in total. The maximum absolute atomic E-state index is 6.01. The largest absolute Gasteiger partial charge is 0.314 e. The molecule has 1 N–H and O–H groups in total. The number of rotatable bonds is 6. The number of nitrogens with one attached hydrogen (secondary N) is 1. The van der Waals surface area contributed by atoms with E-state index in [1.54, 1.807) is 0 Å². The first-order valence-corrected chi connectivity index (χ1v) is 7.93. The van der Waals surface area contributed by atoms with Crippen LogP contribution >= 0.6 is 11.6 Å². The lowest BCUT2D eigenvalue weighted by Gasteiger charge is -2.49. The van der Waals surface area contributed by atoms with Gasteiger partial charge in [-0.15, -0.1) is 0 Å². The van der Waals surface area contributed by atoms with Crippen molar-refractivity contribution in [2.45, 2.75) is 57.9 Å². The molecular weight excluding hydrogens is 254 g/mol. The van der Waals surface area contributed by atoms with Gasteiger partial charge < -0.3 is 5.32 Å². The third kappa shape index (κ3) is 3.52. The zero-order valence-corrected chi connectivity index (χ0v) is 13.1. The van der Waals surface area contributed by atoms with E-state index in [4.69, 9.17) is 11.6 Å². The molecule has 1 aromatic carbocycles. The van der Waals surface area contributed by atoms with Gasteiger partial charge in [0, 0.05) is 23.0 Å². The van der Waals surface area contributed by atoms with Crippen molar-refractivity contribution >= 4 is 11.6 Å². The van der Waals surface area contributed by atoms with Gasteiger partial charge in [0.05, 0.1) is 0 Å². The fraction of sp³-hybridized carbons (Fsp3) is 0.647. The topological polar surface area (TPSA) is 12.0 Å². The van der Waals surface area contributed by atoms with E-state index in [2.05, 4.69) is 38.2 Å². The molecule has 1 fully saturated rings. The minimum Gasteiger partial charge on any atom is -0.314 e. The summed E-state index contributed by atoms with van der Waals surface area (Å²) >= 11 is 6.01. The van der Waals surface area contributed by atoms with E-state index < -0.39 is 0 Å². The first kappa shape index (κ1) is 14.9. The van der Waals surface area contributed by atoms with Crippen LogP contribution in [0.4, 0.5) is 0 Å². The first-order chi connectivity index (χ1) is 9.05. The minimum absolute atomic E-state index is 0.342. The van der Waals surface area contributed by atoms with Crippen LogP contribution in [0.3, 0.4) is 0 Å². The highest BCUT2D eigenvalue weighted by molar-refractivity contribution is 6.30. The Kier molecular flexibility index (Phi) is 4.92. The maximum atomic E-state index is 6.01. The van der Waals surface area contributed by atoms with Gasteiger partial charge in [-0.25, -0.2) is 0 Å². The van der Waals surface area contributed by atoms with Crippen LogP contribution in [0.2, 0.25) is 5.02 Å². The zero-order valence-electron chi connectivity index (χ0n) is 12.4. The molecule has 0 spiro atoms. The van der Waals surface area contributed by atoms with Crippen LogP contribution < -0.4 is 5.32 Å². The van der Waals surface area contributed by atoms with Gasteiger partial charge in [0.15, 0.2) is 0 Å². The molecule has 1 aliphatic carbocycles. The van der Waals surface area contributed by atoms with Crippen LogP contribution in [0.25, 0.3) is 0 Å². The monoisotopic (exact) mass is 279 g/mol. The van der Waals surface area contributed by atoms with Crippen LogP contribution in [-0.4, -0.2) is 12.6 Å². The Morgan fingerprint density at radius 3 is 2.42 bits per heavy atom.